The first kappa shape index (κ1) is 22.3. The van der Waals surface area contributed by atoms with Gasteiger partial charge < -0.3 is 14.4 Å². The molecule has 0 saturated heterocycles. The predicted molar refractivity (Wildman–Crippen MR) is 136 cm³/mol. The predicted octanol–water partition coefficient (Wildman–Crippen LogP) is 5.09. The van der Waals surface area contributed by atoms with Crippen molar-refractivity contribution in [2.24, 2.45) is 7.05 Å². The minimum absolute atomic E-state index is 0.560. The lowest BCUT2D eigenvalue weighted by atomic mass is 10.1. The molecule has 3 aromatic heterocycles. The van der Waals surface area contributed by atoms with Gasteiger partial charge in [0, 0.05) is 54.6 Å². The van der Waals surface area contributed by atoms with Crippen LogP contribution in [0.25, 0.3) is 22.3 Å². The van der Waals surface area contributed by atoms with Gasteiger partial charge in [0.2, 0.25) is 0 Å². The van der Waals surface area contributed by atoms with Gasteiger partial charge in [0.25, 0.3) is 0 Å². The van der Waals surface area contributed by atoms with Gasteiger partial charge in [0.15, 0.2) is 0 Å². The summed E-state index contributed by atoms with van der Waals surface area (Å²) >= 11 is 0. The minimum atomic E-state index is 0.560. The zero-order valence-electron chi connectivity index (χ0n) is 20.1. The third-order valence-electron chi connectivity index (χ3n) is 5.91. The first-order chi connectivity index (χ1) is 17.0. The number of ether oxygens (including phenoxy) is 2. The van der Waals surface area contributed by atoms with Crippen molar-refractivity contribution in [1.29, 1.82) is 0 Å². The van der Waals surface area contributed by atoms with Gasteiger partial charge in [0.1, 0.15) is 11.5 Å². The highest BCUT2D eigenvalue weighted by Gasteiger charge is 2.16. The normalized spacial score (nSPS) is 11.0. The lowest BCUT2D eigenvalue weighted by Gasteiger charge is -2.26. The molecule has 3 heterocycles. The molecule has 176 valence electrons. The Kier molecular flexibility index (Phi) is 6.01. The highest BCUT2D eigenvalue weighted by molar-refractivity contribution is 5.82. The van der Waals surface area contributed by atoms with Crippen molar-refractivity contribution in [1.82, 2.24) is 24.7 Å². The quantitative estimate of drug-likeness (QED) is 0.331. The molecule has 0 radical (unpaired) electrons. The summed E-state index contributed by atoms with van der Waals surface area (Å²) in [4.78, 5) is 16.3. The monoisotopic (exact) mass is 466 g/mol. The molecule has 0 saturated carbocycles. The van der Waals surface area contributed by atoms with E-state index in [0.717, 1.165) is 44.9 Å². The number of hydrogen-bond donors (Lipinski definition) is 0. The van der Waals surface area contributed by atoms with Crippen molar-refractivity contribution >= 4 is 22.4 Å². The van der Waals surface area contributed by atoms with E-state index in [1.54, 1.807) is 31.3 Å². The highest BCUT2D eigenvalue weighted by atomic mass is 16.5. The largest absolute Gasteiger partial charge is 0.497 e. The van der Waals surface area contributed by atoms with Crippen molar-refractivity contribution in [3.05, 3.63) is 84.6 Å². The molecule has 0 bridgehead atoms. The third kappa shape index (κ3) is 4.63. The molecule has 0 fully saturated rings. The van der Waals surface area contributed by atoms with Crippen molar-refractivity contribution in [3.63, 3.8) is 0 Å². The summed E-state index contributed by atoms with van der Waals surface area (Å²) in [5, 5.41) is 4.26. The number of anilines is 2. The summed E-state index contributed by atoms with van der Waals surface area (Å²) in [6.45, 7) is 2.63. The first-order valence-corrected chi connectivity index (χ1v) is 11.2. The van der Waals surface area contributed by atoms with Crippen LogP contribution in [0.15, 0.2) is 73.3 Å². The van der Waals surface area contributed by atoms with Crippen LogP contribution < -0.4 is 14.4 Å². The molecular formula is C27H26N6O2. The minimum Gasteiger partial charge on any atom is -0.497 e. The number of aryl methyl sites for hydroxylation is 2. The van der Waals surface area contributed by atoms with Gasteiger partial charge in [-0.05, 0) is 36.8 Å². The van der Waals surface area contributed by atoms with E-state index in [-0.39, 0.29) is 0 Å². The Labute approximate surface area is 203 Å². The fourth-order valence-electron chi connectivity index (χ4n) is 3.97. The molecular weight excluding hydrogens is 440 g/mol. The van der Waals surface area contributed by atoms with Crippen LogP contribution in [-0.4, -0.2) is 39.0 Å². The van der Waals surface area contributed by atoms with Crippen LogP contribution in [0.3, 0.4) is 0 Å². The molecule has 35 heavy (non-hydrogen) atoms. The van der Waals surface area contributed by atoms with E-state index in [0.29, 0.717) is 18.0 Å². The SMILES string of the molecule is COc1cc(OC)cc(N(Cc2ncccc2C)c2ccc3ncc(-c4cnn(C)c4)nc3c2)c1. The second kappa shape index (κ2) is 9.42. The summed E-state index contributed by atoms with van der Waals surface area (Å²) < 4.78 is 12.8. The van der Waals surface area contributed by atoms with Crippen LogP contribution in [-0.2, 0) is 13.6 Å². The number of aromatic nitrogens is 5. The number of nitrogens with zero attached hydrogens (tertiary/aromatic N) is 6. The molecule has 5 aromatic rings. The smallest absolute Gasteiger partial charge is 0.124 e. The van der Waals surface area contributed by atoms with Gasteiger partial charge >= 0.3 is 0 Å². The molecule has 0 amide bonds. The summed E-state index contributed by atoms with van der Waals surface area (Å²) in [6.07, 6.45) is 7.32. The van der Waals surface area contributed by atoms with Crippen molar-refractivity contribution in [2.45, 2.75) is 13.5 Å². The number of hydrogen-bond acceptors (Lipinski definition) is 7. The number of benzene rings is 2. The van der Waals surface area contributed by atoms with Crippen molar-refractivity contribution in [2.75, 3.05) is 19.1 Å². The topological polar surface area (TPSA) is 78.2 Å². The number of pyridine rings is 1. The van der Waals surface area contributed by atoms with E-state index < -0.39 is 0 Å². The molecule has 0 aliphatic carbocycles. The van der Waals surface area contributed by atoms with E-state index in [2.05, 4.69) is 33.0 Å². The summed E-state index contributed by atoms with van der Waals surface area (Å²) in [7, 11) is 5.19. The van der Waals surface area contributed by atoms with Gasteiger partial charge in [-0.1, -0.05) is 6.07 Å². The Morgan fingerprint density at radius 3 is 2.37 bits per heavy atom. The zero-order valence-corrected chi connectivity index (χ0v) is 20.1. The van der Waals surface area contributed by atoms with Crippen molar-refractivity contribution < 1.29 is 9.47 Å². The average Bonchev–Trinajstić information content (AvgIpc) is 3.33. The van der Waals surface area contributed by atoms with Crippen LogP contribution in [0.4, 0.5) is 11.4 Å². The molecule has 0 aliphatic rings. The number of rotatable bonds is 7. The Morgan fingerprint density at radius 1 is 0.886 bits per heavy atom. The van der Waals surface area contributed by atoms with E-state index >= 15 is 0 Å². The van der Waals surface area contributed by atoms with E-state index in [9.17, 15) is 0 Å². The maximum Gasteiger partial charge on any atom is 0.124 e. The summed E-state index contributed by atoms with van der Waals surface area (Å²) in [6, 6.07) is 15.9. The van der Waals surface area contributed by atoms with Gasteiger partial charge in [0.05, 0.1) is 55.6 Å². The third-order valence-corrected chi connectivity index (χ3v) is 5.91. The van der Waals surface area contributed by atoms with Crippen LogP contribution >= 0.6 is 0 Å². The van der Waals surface area contributed by atoms with E-state index in [1.807, 2.05) is 61.9 Å². The fourth-order valence-corrected chi connectivity index (χ4v) is 3.97. The molecule has 0 N–H and O–H groups in total. The highest BCUT2D eigenvalue weighted by Crippen LogP contribution is 2.35. The second-order valence-electron chi connectivity index (χ2n) is 8.25. The Bertz CT molecular complexity index is 1470. The molecule has 8 heteroatoms. The molecule has 0 atom stereocenters. The fraction of sp³-hybridized carbons (Fsp3) is 0.185. The average molecular weight is 467 g/mol. The maximum absolute atomic E-state index is 5.54. The standard InChI is InChI=1S/C27H26N6O2/c1-18-6-5-9-28-27(18)17-33(21-10-22(34-3)13-23(11-21)35-4)20-7-8-24-25(12-20)31-26(15-29-24)19-14-30-32(2)16-19/h5-16H,17H2,1-4H3. The molecule has 0 unspecified atom stereocenters. The number of methoxy groups -OCH3 is 2. The van der Waals surface area contributed by atoms with Gasteiger partial charge in [-0.2, -0.15) is 5.10 Å². The van der Waals surface area contributed by atoms with Crippen LogP contribution in [0, 0.1) is 6.92 Å². The van der Waals surface area contributed by atoms with E-state index in [4.69, 9.17) is 14.5 Å². The Morgan fingerprint density at radius 2 is 1.69 bits per heavy atom. The van der Waals surface area contributed by atoms with E-state index in [1.165, 1.54) is 0 Å². The second-order valence-corrected chi connectivity index (χ2v) is 8.25. The molecule has 0 aliphatic heterocycles. The van der Waals surface area contributed by atoms with Gasteiger partial charge in [-0.15, -0.1) is 0 Å². The van der Waals surface area contributed by atoms with Crippen LogP contribution in [0.5, 0.6) is 11.5 Å². The number of fused-ring (bicyclic) bond motifs is 1. The lowest BCUT2D eigenvalue weighted by Crippen LogP contribution is -2.18. The van der Waals surface area contributed by atoms with Crippen LogP contribution in [0.2, 0.25) is 0 Å². The van der Waals surface area contributed by atoms with Crippen molar-refractivity contribution in [3.8, 4) is 22.8 Å². The molecule has 8 nitrogen and oxygen atoms in total. The lowest BCUT2D eigenvalue weighted by molar-refractivity contribution is 0.394. The molecule has 5 rings (SSSR count). The first-order valence-electron chi connectivity index (χ1n) is 11.2. The Hall–Kier alpha value is -4.46. The Balaban J connectivity index is 1.63. The summed E-state index contributed by atoms with van der Waals surface area (Å²) in [5.74, 6) is 1.42. The summed E-state index contributed by atoms with van der Waals surface area (Å²) in [5.41, 5.74) is 7.28. The van der Waals surface area contributed by atoms with Gasteiger partial charge in [-0.3, -0.25) is 14.6 Å². The zero-order chi connectivity index (χ0) is 24.4. The van der Waals surface area contributed by atoms with Gasteiger partial charge in [-0.25, -0.2) is 4.98 Å². The van der Waals surface area contributed by atoms with Crippen LogP contribution in [0.1, 0.15) is 11.3 Å². The molecule has 0 spiro atoms. The maximum atomic E-state index is 5.54. The molecule has 2 aromatic carbocycles.